The highest BCUT2D eigenvalue weighted by atomic mass is 19.1. The first-order valence-electron chi connectivity index (χ1n) is 7.52. The first-order valence-corrected chi connectivity index (χ1v) is 7.52. The van der Waals surface area contributed by atoms with Crippen molar-refractivity contribution in [1.82, 2.24) is 9.61 Å². The number of carboxylic acid groups (broad SMARTS) is 1. The molecule has 0 aliphatic carbocycles. The molecule has 0 saturated heterocycles. The summed E-state index contributed by atoms with van der Waals surface area (Å²) in [4.78, 5) is 11.5. The second kappa shape index (κ2) is 5.70. The van der Waals surface area contributed by atoms with Gasteiger partial charge in [-0.1, -0.05) is 19.9 Å². The minimum Gasteiger partial charge on any atom is -0.478 e. The number of aryl methyl sites for hydroxylation is 1. The molecule has 0 radical (unpaired) electrons. The molecular formula is C18H16F2N2O2. The van der Waals surface area contributed by atoms with Crippen LogP contribution >= 0.6 is 0 Å². The SMILES string of the molecule is Cc1nn2c(C(C)C)c(C(=O)O)ccc2c1-c1c(F)cccc1F. The Morgan fingerprint density at radius 1 is 1.12 bits per heavy atom. The lowest BCUT2D eigenvalue weighted by molar-refractivity contribution is 0.0694. The predicted molar refractivity (Wildman–Crippen MR) is 86.3 cm³/mol. The molecule has 2 aromatic heterocycles. The molecule has 2 heterocycles. The Morgan fingerprint density at radius 3 is 2.29 bits per heavy atom. The van der Waals surface area contributed by atoms with Crippen LogP contribution in [0.2, 0.25) is 0 Å². The number of carboxylic acids is 1. The summed E-state index contributed by atoms with van der Waals surface area (Å²) in [5, 5.41) is 13.8. The van der Waals surface area contributed by atoms with E-state index in [1.165, 1.54) is 34.8 Å². The van der Waals surface area contributed by atoms with Gasteiger partial charge in [0.1, 0.15) is 11.6 Å². The maximum Gasteiger partial charge on any atom is 0.337 e. The maximum atomic E-state index is 14.2. The maximum absolute atomic E-state index is 14.2. The number of hydrogen-bond donors (Lipinski definition) is 1. The van der Waals surface area contributed by atoms with Gasteiger partial charge in [0.25, 0.3) is 0 Å². The van der Waals surface area contributed by atoms with Gasteiger partial charge in [0.2, 0.25) is 0 Å². The monoisotopic (exact) mass is 330 g/mol. The summed E-state index contributed by atoms with van der Waals surface area (Å²) in [5.74, 6) is -2.55. The average molecular weight is 330 g/mol. The number of halogens is 2. The van der Waals surface area contributed by atoms with Crippen LogP contribution in [0.1, 0.15) is 41.5 Å². The van der Waals surface area contributed by atoms with Gasteiger partial charge in [-0.3, -0.25) is 0 Å². The predicted octanol–water partition coefficient (Wildman–Crippen LogP) is 4.41. The van der Waals surface area contributed by atoms with Gasteiger partial charge in [-0.05, 0) is 37.1 Å². The smallest absolute Gasteiger partial charge is 0.337 e. The first-order chi connectivity index (χ1) is 11.3. The van der Waals surface area contributed by atoms with E-state index >= 15 is 0 Å². The molecular weight excluding hydrogens is 314 g/mol. The average Bonchev–Trinajstić information content (AvgIpc) is 2.82. The zero-order valence-corrected chi connectivity index (χ0v) is 13.5. The van der Waals surface area contributed by atoms with Gasteiger partial charge in [0.05, 0.1) is 28.0 Å². The van der Waals surface area contributed by atoms with Gasteiger partial charge in [-0.15, -0.1) is 0 Å². The summed E-state index contributed by atoms with van der Waals surface area (Å²) in [5.41, 5.74) is 1.72. The molecule has 0 spiro atoms. The molecule has 3 rings (SSSR count). The summed E-state index contributed by atoms with van der Waals surface area (Å²) in [7, 11) is 0. The second-order valence-corrected chi connectivity index (χ2v) is 5.95. The fraction of sp³-hybridized carbons (Fsp3) is 0.222. The summed E-state index contributed by atoms with van der Waals surface area (Å²) in [6.07, 6.45) is 0. The van der Waals surface area contributed by atoms with E-state index in [0.29, 0.717) is 22.5 Å². The highest BCUT2D eigenvalue weighted by Crippen LogP contribution is 2.34. The number of hydrogen-bond acceptors (Lipinski definition) is 2. The Kier molecular flexibility index (Phi) is 3.83. The van der Waals surface area contributed by atoms with E-state index < -0.39 is 17.6 Å². The van der Waals surface area contributed by atoms with Crippen LogP contribution in [0.25, 0.3) is 16.6 Å². The van der Waals surface area contributed by atoms with Crippen molar-refractivity contribution in [3.8, 4) is 11.1 Å². The summed E-state index contributed by atoms with van der Waals surface area (Å²) in [6, 6.07) is 6.68. The molecule has 0 fully saturated rings. The summed E-state index contributed by atoms with van der Waals surface area (Å²) >= 11 is 0. The van der Waals surface area contributed by atoms with Crippen molar-refractivity contribution >= 4 is 11.5 Å². The molecule has 6 heteroatoms. The first kappa shape index (κ1) is 16.1. The third-order valence-electron chi connectivity index (χ3n) is 4.00. The number of benzene rings is 1. The number of aromatic nitrogens is 2. The van der Waals surface area contributed by atoms with Crippen LogP contribution in [0.15, 0.2) is 30.3 Å². The lowest BCUT2D eigenvalue weighted by atomic mass is 10.00. The van der Waals surface area contributed by atoms with E-state index in [4.69, 9.17) is 0 Å². The van der Waals surface area contributed by atoms with E-state index in [9.17, 15) is 18.7 Å². The molecule has 0 bridgehead atoms. The van der Waals surface area contributed by atoms with Gasteiger partial charge in [-0.2, -0.15) is 5.10 Å². The van der Waals surface area contributed by atoms with Crippen LogP contribution in [0, 0.1) is 18.6 Å². The second-order valence-electron chi connectivity index (χ2n) is 5.95. The minimum atomic E-state index is -1.06. The Bertz CT molecular complexity index is 941. The Morgan fingerprint density at radius 2 is 1.75 bits per heavy atom. The highest BCUT2D eigenvalue weighted by Gasteiger charge is 2.23. The molecule has 0 amide bonds. The Hall–Kier alpha value is -2.76. The van der Waals surface area contributed by atoms with Crippen molar-refractivity contribution in [2.45, 2.75) is 26.7 Å². The number of rotatable bonds is 3. The highest BCUT2D eigenvalue weighted by molar-refractivity contribution is 5.91. The fourth-order valence-corrected chi connectivity index (χ4v) is 3.03. The summed E-state index contributed by atoms with van der Waals surface area (Å²) < 4.78 is 29.9. The number of fused-ring (bicyclic) bond motifs is 1. The molecule has 4 nitrogen and oxygen atoms in total. The van der Waals surface area contributed by atoms with Gasteiger partial charge in [0.15, 0.2) is 0 Å². The molecule has 0 unspecified atom stereocenters. The third-order valence-corrected chi connectivity index (χ3v) is 4.00. The van der Waals surface area contributed by atoms with Crippen molar-refractivity contribution in [3.05, 3.63) is 58.9 Å². The number of aromatic carboxylic acids is 1. The molecule has 0 atom stereocenters. The Labute approximate surface area is 137 Å². The zero-order valence-electron chi connectivity index (χ0n) is 13.5. The number of pyridine rings is 1. The van der Waals surface area contributed by atoms with Crippen LogP contribution in [0.3, 0.4) is 0 Å². The minimum absolute atomic E-state index is 0.126. The molecule has 0 aliphatic rings. The van der Waals surface area contributed by atoms with Crippen LogP contribution in [0.5, 0.6) is 0 Å². The van der Waals surface area contributed by atoms with Crippen molar-refractivity contribution < 1.29 is 18.7 Å². The lowest BCUT2D eigenvalue weighted by Crippen LogP contribution is -2.10. The molecule has 0 aliphatic heterocycles. The van der Waals surface area contributed by atoms with Crippen molar-refractivity contribution in [2.24, 2.45) is 0 Å². The number of carbonyl (C=O) groups is 1. The molecule has 124 valence electrons. The van der Waals surface area contributed by atoms with Crippen molar-refractivity contribution in [2.75, 3.05) is 0 Å². The molecule has 24 heavy (non-hydrogen) atoms. The van der Waals surface area contributed by atoms with Crippen LogP contribution in [-0.4, -0.2) is 20.7 Å². The largest absolute Gasteiger partial charge is 0.478 e. The van der Waals surface area contributed by atoms with Crippen LogP contribution < -0.4 is 0 Å². The zero-order chi connectivity index (χ0) is 17.6. The molecule has 0 saturated carbocycles. The van der Waals surface area contributed by atoms with Gasteiger partial charge in [-0.25, -0.2) is 18.1 Å². The third kappa shape index (κ3) is 2.35. The topological polar surface area (TPSA) is 54.6 Å². The molecule has 1 aromatic carbocycles. The van der Waals surface area contributed by atoms with E-state index in [1.54, 1.807) is 6.92 Å². The van der Waals surface area contributed by atoms with E-state index in [-0.39, 0.29) is 17.0 Å². The fourth-order valence-electron chi connectivity index (χ4n) is 3.03. The number of nitrogens with zero attached hydrogens (tertiary/aromatic N) is 2. The van der Waals surface area contributed by atoms with Gasteiger partial charge in [0, 0.05) is 5.56 Å². The van der Waals surface area contributed by atoms with Crippen molar-refractivity contribution in [1.29, 1.82) is 0 Å². The molecule has 1 N–H and O–H groups in total. The van der Waals surface area contributed by atoms with Crippen LogP contribution in [-0.2, 0) is 0 Å². The summed E-state index contributed by atoms with van der Waals surface area (Å²) in [6.45, 7) is 5.35. The van der Waals surface area contributed by atoms with Crippen LogP contribution in [0.4, 0.5) is 8.78 Å². The standard InChI is InChI=1S/C18H16F2N2O2/c1-9(2)17-11(18(23)24)7-8-14-15(10(3)21-22(14)17)16-12(19)5-4-6-13(16)20/h4-9H,1-3H3,(H,23,24). The Balaban J connectivity index is 2.43. The van der Waals surface area contributed by atoms with E-state index in [0.717, 1.165) is 0 Å². The lowest BCUT2D eigenvalue weighted by Gasteiger charge is -2.12. The van der Waals surface area contributed by atoms with Gasteiger partial charge >= 0.3 is 5.97 Å². The van der Waals surface area contributed by atoms with Gasteiger partial charge < -0.3 is 5.11 Å². The van der Waals surface area contributed by atoms with Crippen molar-refractivity contribution in [3.63, 3.8) is 0 Å². The normalized spacial score (nSPS) is 11.4. The molecule has 3 aromatic rings. The van der Waals surface area contributed by atoms with E-state index in [2.05, 4.69) is 5.10 Å². The quantitative estimate of drug-likeness (QED) is 0.774. The van der Waals surface area contributed by atoms with E-state index in [1.807, 2.05) is 13.8 Å².